The highest BCUT2D eigenvalue weighted by Gasteiger charge is 2.36. The quantitative estimate of drug-likeness (QED) is 0.510. The van der Waals surface area contributed by atoms with Gasteiger partial charge in [-0.3, -0.25) is 4.31 Å². The number of nitrogens with zero attached hydrogens (tertiary/aromatic N) is 1. The van der Waals surface area contributed by atoms with Gasteiger partial charge >= 0.3 is 5.97 Å². The van der Waals surface area contributed by atoms with E-state index in [1.165, 1.54) is 31.5 Å². The maximum atomic E-state index is 14.6. The summed E-state index contributed by atoms with van der Waals surface area (Å²) in [5, 5.41) is 0. The van der Waals surface area contributed by atoms with Gasteiger partial charge in [-0.2, -0.15) is 0 Å². The Bertz CT molecular complexity index is 1300. The lowest BCUT2D eigenvalue weighted by Crippen LogP contribution is -2.36. The van der Waals surface area contributed by atoms with Gasteiger partial charge in [-0.05, 0) is 37.3 Å². The third-order valence-electron chi connectivity index (χ3n) is 5.40. The third-order valence-corrected chi connectivity index (χ3v) is 7.18. The van der Waals surface area contributed by atoms with Crippen molar-refractivity contribution in [2.75, 3.05) is 13.7 Å². The normalized spacial score (nSPS) is 16.0. The zero-order valence-corrected chi connectivity index (χ0v) is 18.9. The Kier molecular flexibility index (Phi) is 6.20. The molecule has 0 radical (unpaired) electrons. The molecule has 0 aliphatic carbocycles. The second-order valence-electron chi connectivity index (χ2n) is 7.56. The number of esters is 1. The zero-order valence-electron chi connectivity index (χ0n) is 18.1. The molecule has 1 atom stereocenters. The molecule has 170 valence electrons. The first-order valence-electron chi connectivity index (χ1n) is 10.2. The topological polar surface area (TPSA) is 72.9 Å². The Morgan fingerprint density at radius 2 is 1.70 bits per heavy atom. The minimum atomic E-state index is -4.02. The highest BCUT2D eigenvalue weighted by molar-refractivity contribution is 7.89. The van der Waals surface area contributed by atoms with E-state index in [0.29, 0.717) is 11.1 Å². The lowest BCUT2D eigenvalue weighted by Gasteiger charge is -2.35. The Balaban J connectivity index is 1.79. The van der Waals surface area contributed by atoms with E-state index in [0.717, 1.165) is 9.87 Å². The summed E-state index contributed by atoms with van der Waals surface area (Å²) in [6, 6.07) is 18.0. The first-order chi connectivity index (χ1) is 15.8. The van der Waals surface area contributed by atoms with E-state index in [9.17, 15) is 17.6 Å². The van der Waals surface area contributed by atoms with E-state index in [1.54, 1.807) is 54.6 Å². The smallest absolute Gasteiger partial charge is 0.337 e. The van der Waals surface area contributed by atoms with Crippen molar-refractivity contribution in [2.24, 2.45) is 0 Å². The van der Waals surface area contributed by atoms with Crippen LogP contribution < -0.4 is 0 Å². The lowest BCUT2D eigenvalue weighted by molar-refractivity contribution is 0.0600. The number of halogens is 1. The van der Waals surface area contributed by atoms with Crippen molar-refractivity contribution < 1.29 is 27.1 Å². The molecule has 4 rings (SSSR count). The molecule has 3 aromatic rings. The fourth-order valence-corrected chi connectivity index (χ4v) is 5.04. The molecule has 0 bridgehead atoms. The lowest BCUT2D eigenvalue weighted by atomic mass is 10.1. The molecule has 0 fully saturated rings. The largest absolute Gasteiger partial charge is 0.489 e. The summed E-state index contributed by atoms with van der Waals surface area (Å²) in [6.45, 7) is 1.78. The number of hydrogen-bond acceptors (Lipinski definition) is 5. The second-order valence-corrected chi connectivity index (χ2v) is 9.40. The van der Waals surface area contributed by atoms with Crippen molar-refractivity contribution in [2.45, 2.75) is 17.9 Å². The highest BCUT2D eigenvalue weighted by Crippen LogP contribution is 2.36. The predicted molar refractivity (Wildman–Crippen MR) is 121 cm³/mol. The monoisotopic (exact) mass is 467 g/mol. The first kappa shape index (κ1) is 22.5. The van der Waals surface area contributed by atoms with Gasteiger partial charge in [-0.25, -0.2) is 17.6 Å². The molecule has 1 aliphatic heterocycles. The maximum absolute atomic E-state index is 14.6. The standard InChI is InChI=1S/C25H22FNO5S/c1-17-7-13-20(14-8-17)33(29,30)27-15-24(18-9-11-19(12-10-18)25(28)31-2)32-16-23(27)21-5-3-4-6-22(21)26/h3-15,23H,16H2,1-2H3. The molecule has 0 N–H and O–H groups in total. The SMILES string of the molecule is COC(=O)c1ccc(C2=CN(S(=O)(=O)c3ccc(C)cc3)C(c3ccccc3F)CO2)cc1. The number of sulfonamides is 1. The molecule has 6 nitrogen and oxygen atoms in total. The number of ether oxygens (including phenoxy) is 2. The molecule has 8 heteroatoms. The number of carbonyl (C=O) groups is 1. The van der Waals surface area contributed by atoms with Gasteiger partial charge in [0, 0.05) is 11.1 Å². The van der Waals surface area contributed by atoms with Gasteiger partial charge in [0.15, 0.2) is 0 Å². The average Bonchev–Trinajstić information content (AvgIpc) is 2.84. The van der Waals surface area contributed by atoms with Gasteiger partial charge in [-0.15, -0.1) is 0 Å². The number of carbonyl (C=O) groups excluding carboxylic acids is 1. The van der Waals surface area contributed by atoms with Crippen LogP contribution >= 0.6 is 0 Å². The van der Waals surface area contributed by atoms with E-state index >= 15 is 0 Å². The van der Waals surface area contributed by atoms with Gasteiger partial charge in [0.25, 0.3) is 10.0 Å². The molecule has 1 heterocycles. The third kappa shape index (κ3) is 4.47. The summed E-state index contributed by atoms with van der Waals surface area (Å²) in [4.78, 5) is 11.8. The summed E-state index contributed by atoms with van der Waals surface area (Å²) >= 11 is 0. The number of rotatable bonds is 5. The van der Waals surface area contributed by atoms with Crippen molar-refractivity contribution in [3.63, 3.8) is 0 Å². The number of benzene rings is 3. The van der Waals surface area contributed by atoms with E-state index in [-0.39, 0.29) is 22.8 Å². The van der Waals surface area contributed by atoms with E-state index in [4.69, 9.17) is 9.47 Å². The summed E-state index contributed by atoms with van der Waals surface area (Å²) in [7, 11) is -2.73. The van der Waals surface area contributed by atoms with Crippen LogP contribution in [0.25, 0.3) is 5.76 Å². The molecule has 3 aromatic carbocycles. The van der Waals surface area contributed by atoms with Crippen molar-refractivity contribution in [1.29, 1.82) is 0 Å². The van der Waals surface area contributed by atoms with Gasteiger partial charge in [-0.1, -0.05) is 48.0 Å². The summed E-state index contributed by atoms with van der Waals surface area (Å²) in [6.07, 6.45) is 1.36. The summed E-state index contributed by atoms with van der Waals surface area (Å²) in [5.74, 6) is -0.715. The van der Waals surface area contributed by atoms with Crippen LogP contribution in [-0.2, 0) is 19.5 Å². The molecule has 0 amide bonds. The van der Waals surface area contributed by atoms with E-state index in [2.05, 4.69) is 0 Å². The van der Waals surface area contributed by atoms with Crippen molar-refractivity contribution in [1.82, 2.24) is 4.31 Å². The van der Waals surface area contributed by atoms with Crippen LogP contribution in [0.15, 0.2) is 83.9 Å². The maximum Gasteiger partial charge on any atom is 0.337 e. The van der Waals surface area contributed by atoms with E-state index in [1.807, 2.05) is 6.92 Å². The van der Waals surface area contributed by atoms with Crippen LogP contribution in [0.3, 0.4) is 0 Å². The zero-order chi connectivity index (χ0) is 23.6. The van der Waals surface area contributed by atoms with Crippen molar-refractivity contribution in [3.05, 3.63) is 107 Å². The number of hydrogen-bond donors (Lipinski definition) is 0. The van der Waals surface area contributed by atoms with Gasteiger partial charge in [0.05, 0.1) is 23.8 Å². The molecule has 33 heavy (non-hydrogen) atoms. The molecule has 0 saturated heterocycles. The molecule has 1 aliphatic rings. The van der Waals surface area contributed by atoms with Crippen LogP contribution in [0.5, 0.6) is 0 Å². The van der Waals surface area contributed by atoms with Crippen LogP contribution in [0.2, 0.25) is 0 Å². The van der Waals surface area contributed by atoms with Gasteiger partial charge in [0.2, 0.25) is 0 Å². The van der Waals surface area contributed by atoms with Crippen molar-refractivity contribution >= 4 is 21.8 Å². The van der Waals surface area contributed by atoms with Gasteiger partial charge in [0.1, 0.15) is 24.2 Å². The minimum absolute atomic E-state index is 0.0867. The average molecular weight is 468 g/mol. The molecule has 0 spiro atoms. The minimum Gasteiger partial charge on any atom is -0.489 e. The van der Waals surface area contributed by atoms with Crippen LogP contribution in [-0.4, -0.2) is 32.4 Å². The Hall–Kier alpha value is -3.65. The molecule has 0 aromatic heterocycles. The number of methoxy groups -OCH3 is 1. The van der Waals surface area contributed by atoms with Crippen LogP contribution in [0.4, 0.5) is 4.39 Å². The van der Waals surface area contributed by atoms with Crippen LogP contribution in [0.1, 0.15) is 33.1 Å². The van der Waals surface area contributed by atoms with Gasteiger partial charge < -0.3 is 9.47 Å². The molecule has 1 unspecified atom stereocenters. The fraction of sp³-hybridized carbons (Fsp3) is 0.160. The molecular weight excluding hydrogens is 445 g/mol. The Morgan fingerprint density at radius 1 is 1.03 bits per heavy atom. The number of aryl methyl sites for hydroxylation is 1. The first-order valence-corrected chi connectivity index (χ1v) is 11.6. The van der Waals surface area contributed by atoms with Crippen LogP contribution in [0, 0.1) is 12.7 Å². The predicted octanol–water partition coefficient (Wildman–Crippen LogP) is 4.68. The highest BCUT2D eigenvalue weighted by atomic mass is 32.2. The Labute approximate surface area is 191 Å². The van der Waals surface area contributed by atoms with E-state index < -0.39 is 27.9 Å². The fourth-order valence-electron chi connectivity index (χ4n) is 3.57. The Morgan fingerprint density at radius 3 is 2.33 bits per heavy atom. The summed E-state index contributed by atoms with van der Waals surface area (Å²) in [5.41, 5.74) is 2.05. The van der Waals surface area contributed by atoms with Crippen molar-refractivity contribution in [3.8, 4) is 0 Å². The molecule has 0 saturated carbocycles. The summed E-state index contributed by atoms with van der Waals surface area (Å²) < 4.78 is 53.5. The second kappa shape index (κ2) is 9.07. The molecular formula is C25H22FNO5S.